The van der Waals surface area contributed by atoms with E-state index in [4.69, 9.17) is 0 Å². The molecule has 4 aliphatic rings. The summed E-state index contributed by atoms with van der Waals surface area (Å²) >= 11 is 1.44. The molecule has 0 spiro atoms. The van der Waals surface area contributed by atoms with Gasteiger partial charge < -0.3 is 10.6 Å². The Labute approximate surface area is 160 Å². The summed E-state index contributed by atoms with van der Waals surface area (Å²) in [5.41, 5.74) is 0.359. The molecule has 4 nitrogen and oxygen atoms in total. The van der Waals surface area contributed by atoms with Gasteiger partial charge in [-0.05, 0) is 86.5 Å². The molecule has 4 fully saturated rings. The lowest BCUT2D eigenvalue weighted by Crippen LogP contribution is -2.55. The fourth-order valence-electron chi connectivity index (χ4n) is 6.12. The summed E-state index contributed by atoms with van der Waals surface area (Å²) in [5.74, 6) is 2.83. The predicted octanol–water partition coefficient (Wildman–Crippen LogP) is 3.98. The van der Waals surface area contributed by atoms with E-state index in [-0.39, 0.29) is 17.9 Å². The molecule has 4 saturated carbocycles. The molecule has 1 heterocycles. The first-order chi connectivity index (χ1) is 12.5. The van der Waals surface area contributed by atoms with Crippen LogP contribution in [0, 0.1) is 23.2 Å². The molecule has 0 radical (unpaired) electrons. The van der Waals surface area contributed by atoms with Crippen LogP contribution in [0.25, 0.3) is 0 Å². The number of amides is 2. The summed E-state index contributed by atoms with van der Waals surface area (Å²) in [6.07, 6.45) is 9.43. The minimum atomic E-state index is -0.0395. The van der Waals surface area contributed by atoms with Crippen LogP contribution in [0.15, 0.2) is 17.5 Å². The second-order valence-corrected chi connectivity index (χ2v) is 9.85. The minimum Gasteiger partial charge on any atom is -0.353 e. The molecule has 1 unspecified atom stereocenters. The Morgan fingerprint density at radius 2 is 1.85 bits per heavy atom. The lowest BCUT2D eigenvalue weighted by atomic mass is 9.48. The first kappa shape index (κ1) is 18.0. The molecule has 1 aromatic heterocycles. The van der Waals surface area contributed by atoms with Crippen LogP contribution in [0.5, 0.6) is 0 Å². The van der Waals surface area contributed by atoms with Crippen molar-refractivity contribution in [2.75, 3.05) is 6.54 Å². The third-order valence-corrected chi connectivity index (χ3v) is 7.86. The molecule has 26 heavy (non-hydrogen) atoms. The van der Waals surface area contributed by atoms with Crippen molar-refractivity contribution in [2.45, 2.75) is 64.3 Å². The van der Waals surface area contributed by atoms with Gasteiger partial charge in [0.05, 0.1) is 4.88 Å². The van der Waals surface area contributed by atoms with Gasteiger partial charge in [-0.1, -0.05) is 6.07 Å². The summed E-state index contributed by atoms with van der Waals surface area (Å²) in [7, 11) is 0. The molecule has 142 valence electrons. The summed E-state index contributed by atoms with van der Waals surface area (Å²) < 4.78 is 0. The molecule has 1 atom stereocenters. The highest BCUT2D eigenvalue weighted by Crippen LogP contribution is 2.61. The molecule has 1 aromatic rings. The summed E-state index contributed by atoms with van der Waals surface area (Å²) in [6, 6.07) is 3.97. The van der Waals surface area contributed by atoms with Gasteiger partial charge in [0, 0.05) is 19.0 Å². The zero-order valence-electron chi connectivity index (χ0n) is 15.6. The van der Waals surface area contributed by atoms with Crippen LogP contribution in [0.4, 0.5) is 0 Å². The van der Waals surface area contributed by atoms with Gasteiger partial charge in [0.1, 0.15) is 0 Å². The Balaban J connectivity index is 1.20. The van der Waals surface area contributed by atoms with Gasteiger partial charge in [0.2, 0.25) is 5.91 Å². The average Bonchev–Trinajstić information content (AvgIpc) is 3.12. The molecule has 0 saturated heterocycles. The zero-order chi connectivity index (χ0) is 18.1. The molecule has 0 aliphatic heterocycles. The van der Waals surface area contributed by atoms with Crippen molar-refractivity contribution in [3.05, 3.63) is 22.4 Å². The maximum Gasteiger partial charge on any atom is 0.261 e. The summed E-state index contributed by atoms with van der Waals surface area (Å²) in [5, 5.41) is 8.09. The molecule has 5 rings (SSSR count). The van der Waals surface area contributed by atoms with Crippen LogP contribution >= 0.6 is 11.3 Å². The molecule has 4 aliphatic carbocycles. The Hall–Kier alpha value is -1.36. The first-order valence-electron chi connectivity index (χ1n) is 10.2. The van der Waals surface area contributed by atoms with Gasteiger partial charge in [-0.3, -0.25) is 9.59 Å². The number of thiophene rings is 1. The molecule has 0 aromatic carbocycles. The maximum atomic E-state index is 12.4. The normalized spacial score (nSPS) is 33.0. The average molecular weight is 375 g/mol. The van der Waals surface area contributed by atoms with E-state index >= 15 is 0 Å². The van der Waals surface area contributed by atoms with Crippen LogP contribution in [-0.2, 0) is 4.79 Å². The number of carbonyl (C=O) groups excluding carboxylic acids is 2. The fourth-order valence-corrected chi connectivity index (χ4v) is 6.76. The van der Waals surface area contributed by atoms with Crippen molar-refractivity contribution in [2.24, 2.45) is 23.2 Å². The lowest BCUT2D eigenvalue weighted by Gasteiger charge is -2.59. The van der Waals surface area contributed by atoms with Crippen LogP contribution in [0.2, 0.25) is 0 Å². The Bertz CT molecular complexity index is 620. The van der Waals surface area contributed by atoms with Gasteiger partial charge in [-0.15, -0.1) is 11.3 Å². The second-order valence-electron chi connectivity index (χ2n) is 8.91. The molecule has 2 N–H and O–H groups in total. The van der Waals surface area contributed by atoms with Crippen molar-refractivity contribution in [1.82, 2.24) is 10.6 Å². The van der Waals surface area contributed by atoms with E-state index in [0.717, 1.165) is 22.6 Å². The number of carbonyl (C=O) groups is 2. The van der Waals surface area contributed by atoms with Crippen LogP contribution in [0.1, 0.15) is 68.0 Å². The monoisotopic (exact) mass is 374 g/mol. The van der Waals surface area contributed by atoms with Crippen molar-refractivity contribution in [3.8, 4) is 0 Å². The SMILES string of the molecule is CC(NC(=O)CCCNC(=O)c1cccs1)C12CC3CC(CC(C3)C1)C2. The lowest BCUT2D eigenvalue weighted by molar-refractivity contribution is -0.126. The first-order valence-corrected chi connectivity index (χ1v) is 11.0. The van der Waals surface area contributed by atoms with E-state index in [1.54, 1.807) is 0 Å². The van der Waals surface area contributed by atoms with Crippen molar-refractivity contribution < 1.29 is 9.59 Å². The van der Waals surface area contributed by atoms with E-state index < -0.39 is 0 Å². The Kier molecular flexibility index (Phi) is 5.09. The number of hydrogen-bond acceptors (Lipinski definition) is 3. The highest BCUT2D eigenvalue weighted by Gasteiger charge is 2.53. The largest absolute Gasteiger partial charge is 0.353 e. The quantitative estimate of drug-likeness (QED) is 0.709. The van der Waals surface area contributed by atoms with Gasteiger partial charge >= 0.3 is 0 Å². The smallest absolute Gasteiger partial charge is 0.261 e. The van der Waals surface area contributed by atoms with Gasteiger partial charge in [-0.2, -0.15) is 0 Å². The molecule has 5 heteroatoms. The Morgan fingerprint density at radius 3 is 2.42 bits per heavy atom. The van der Waals surface area contributed by atoms with Gasteiger partial charge in [-0.25, -0.2) is 0 Å². The van der Waals surface area contributed by atoms with E-state index in [0.29, 0.717) is 24.8 Å². The van der Waals surface area contributed by atoms with Gasteiger partial charge in [0.15, 0.2) is 0 Å². The Morgan fingerprint density at radius 1 is 1.19 bits per heavy atom. The van der Waals surface area contributed by atoms with Crippen molar-refractivity contribution >= 4 is 23.2 Å². The third kappa shape index (κ3) is 3.68. The zero-order valence-corrected chi connectivity index (χ0v) is 16.4. The molecular formula is C21H30N2O2S. The minimum absolute atomic E-state index is 0.0395. The van der Waals surface area contributed by atoms with Crippen molar-refractivity contribution in [1.29, 1.82) is 0 Å². The highest BCUT2D eigenvalue weighted by atomic mass is 32.1. The standard InChI is InChI=1S/C21H30N2O2S/c1-14(21-11-15-8-16(12-21)10-17(9-15)13-21)23-19(24)5-2-6-22-20(25)18-4-3-7-26-18/h3-4,7,14-17H,2,5-6,8-13H2,1H3,(H,22,25)(H,23,24). The molecule has 4 bridgehead atoms. The van der Waals surface area contributed by atoms with E-state index in [9.17, 15) is 9.59 Å². The second kappa shape index (κ2) is 7.34. The highest BCUT2D eigenvalue weighted by molar-refractivity contribution is 7.12. The molecule has 2 amide bonds. The van der Waals surface area contributed by atoms with Gasteiger partial charge in [0.25, 0.3) is 5.91 Å². The fraction of sp³-hybridized carbons (Fsp3) is 0.714. The molecular weight excluding hydrogens is 344 g/mol. The third-order valence-electron chi connectivity index (χ3n) is 6.99. The number of hydrogen-bond donors (Lipinski definition) is 2. The van der Waals surface area contributed by atoms with E-state index in [2.05, 4.69) is 17.6 Å². The van der Waals surface area contributed by atoms with Crippen LogP contribution in [-0.4, -0.2) is 24.4 Å². The van der Waals surface area contributed by atoms with Crippen molar-refractivity contribution in [3.63, 3.8) is 0 Å². The maximum absolute atomic E-state index is 12.4. The number of rotatable bonds is 7. The number of nitrogens with one attached hydrogen (secondary N) is 2. The van der Waals surface area contributed by atoms with Crippen LogP contribution in [0.3, 0.4) is 0 Å². The summed E-state index contributed by atoms with van der Waals surface area (Å²) in [6.45, 7) is 2.78. The predicted molar refractivity (Wildman–Crippen MR) is 104 cm³/mol. The van der Waals surface area contributed by atoms with Crippen LogP contribution < -0.4 is 10.6 Å². The topological polar surface area (TPSA) is 58.2 Å². The van der Waals surface area contributed by atoms with E-state index in [1.807, 2.05) is 17.5 Å². The van der Waals surface area contributed by atoms with E-state index in [1.165, 1.54) is 49.9 Å². The summed E-state index contributed by atoms with van der Waals surface area (Å²) in [4.78, 5) is 25.0.